The first-order valence-corrected chi connectivity index (χ1v) is 8.44. The summed E-state index contributed by atoms with van der Waals surface area (Å²) in [5, 5.41) is 2.75. The Morgan fingerprint density at radius 3 is 2.35 bits per heavy atom. The van der Waals surface area contributed by atoms with Crippen LogP contribution in [0.1, 0.15) is 30.5 Å². The lowest BCUT2D eigenvalue weighted by Gasteiger charge is -2.37. The van der Waals surface area contributed by atoms with Crippen molar-refractivity contribution in [3.63, 3.8) is 0 Å². The molecule has 1 saturated heterocycles. The first-order chi connectivity index (χ1) is 12.6. The fraction of sp³-hybridized carbons (Fsp3) is 0.250. The first-order valence-electron chi connectivity index (χ1n) is 8.44. The maximum atomic E-state index is 12.4. The van der Waals surface area contributed by atoms with Gasteiger partial charge in [0.1, 0.15) is 12.6 Å². The molecule has 3 amide bonds. The molecular weight excluding hydrogens is 332 g/mol. The predicted molar refractivity (Wildman–Crippen MR) is 94.9 cm³/mol. The molecular formula is C20H20N2O4. The first kappa shape index (κ1) is 17.7. The highest BCUT2D eigenvalue weighted by molar-refractivity contribution is 6.06. The van der Waals surface area contributed by atoms with E-state index < -0.39 is 18.0 Å². The summed E-state index contributed by atoms with van der Waals surface area (Å²) in [6.45, 7) is 1.93. The van der Waals surface area contributed by atoms with Crippen molar-refractivity contribution in [3.8, 4) is 0 Å². The van der Waals surface area contributed by atoms with Crippen molar-refractivity contribution in [1.29, 1.82) is 0 Å². The monoisotopic (exact) mass is 352 g/mol. The van der Waals surface area contributed by atoms with Gasteiger partial charge in [0.05, 0.1) is 12.5 Å². The van der Waals surface area contributed by atoms with E-state index in [0.29, 0.717) is 0 Å². The van der Waals surface area contributed by atoms with Crippen molar-refractivity contribution in [1.82, 2.24) is 10.2 Å². The zero-order valence-corrected chi connectivity index (χ0v) is 14.4. The minimum absolute atomic E-state index is 0.0131. The molecule has 1 aliphatic rings. The molecule has 2 aromatic rings. The fourth-order valence-electron chi connectivity index (χ4n) is 2.76. The molecule has 0 bridgehead atoms. The predicted octanol–water partition coefficient (Wildman–Crippen LogP) is 2.80. The normalized spacial score (nSPS) is 17.2. The van der Waals surface area contributed by atoms with Crippen molar-refractivity contribution >= 4 is 17.9 Å². The molecule has 1 aliphatic heterocycles. The molecule has 3 rings (SSSR count). The van der Waals surface area contributed by atoms with Gasteiger partial charge in [-0.2, -0.15) is 0 Å². The van der Waals surface area contributed by atoms with Crippen LogP contribution in [0.15, 0.2) is 60.7 Å². The number of nitrogens with zero attached hydrogens (tertiary/aromatic N) is 1. The third-order valence-corrected chi connectivity index (χ3v) is 4.30. The van der Waals surface area contributed by atoms with Gasteiger partial charge in [-0.05, 0) is 18.1 Å². The second-order valence-electron chi connectivity index (χ2n) is 6.16. The number of benzene rings is 2. The third kappa shape index (κ3) is 3.91. The molecule has 0 spiro atoms. The van der Waals surface area contributed by atoms with Crippen LogP contribution >= 0.6 is 0 Å². The molecule has 1 N–H and O–H groups in total. The number of nitrogens with one attached hydrogen (secondary N) is 1. The van der Waals surface area contributed by atoms with Crippen LogP contribution in [0.3, 0.4) is 0 Å². The number of hydrogen-bond acceptors (Lipinski definition) is 4. The van der Waals surface area contributed by atoms with Crippen LogP contribution in [0.5, 0.6) is 0 Å². The van der Waals surface area contributed by atoms with Crippen molar-refractivity contribution in [2.45, 2.75) is 32.0 Å². The lowest BCUT2D eigenvalue weighted by Crippen LogP contribution is -2.62. The molecule has 1 fully saturated rings. The molecule has 0 radical (unpaired) electrons. The van der Waals surface area contributed by atoms with Gasteiger partial charge < -0.3 is 10.1 Å². The van der Waals surface area contributed by atoms with Crippen LogP contribution in [0.2, 0.25) is 0 Å². The molecule has 6 nitrogen and oxygen atoms in total. The Hall–Kier alpha value is -3.15. The van der Waals surface area contributed by atoms with E-state index in [1.54, 1.807) is 0 Å². The molecule has 6 heteroatoms. The quantitative estimate of drug-likeness (QED) is 0.663. The van der Waals surface area contributed by atoms with Crippen LogP contribution < -0.4 is 5.32 Å². The number of carbonyl (C=O) groups excluding carboxylic acids is 3. The Balaban J connectivity index is 1.57. The summed E-state index contributed by atoms with van der Waals surface area (Å²) in [6, 6.07) is 16.9. The number of imide groups is 1. The molecule has 1 unspecified atom stereocenters. The zero-order valence-electron chi connectivity index (χ0n) is 14.4. The number of esters is 1. The second kappa shape index (κ2) is 7.82. The van der Waals surface area contributed by atoms with Crippen LogP contribution in [0, 0.1) is 0 Å². The summed E-state index contributed by atoms with van der Waals surface area (Å²) in [4.78, 5) is 37.4. The van der Waals surface area contributed by atoms with Crippen molar-refractivity contribution in [2.24, 2.45) is 0 Å². The smallest absolute Gasteiger partial charge is 0.330 e. The molecule has 2 atom stereocenters. The summed E-state index contributed by atoms with van der Waals surface area (Å²) in [5.74, 6) is -0.958. The highest BCUT2D eigenvalue weighted by atomic mass is 16.5. The molecule has 134 valence electrons. The Morgan fingerprint density at radius 2 is 1.73 bits per heavy atom. The third-order valence-electron chi connectivity index (χ3n) is 4.30. The van der Waals surface area contributed by atoms with Gasteiger partial charge in [0, 0.05) is 0 Å². The number of amides is 3. The van der Waals surface area contributed by atoms with E-state index in [0.717, 1.165) is 16.0 Å². The van der Waals surface area contributed by atoms with E-state index in [2.05, 4.69) is 5.32 Å². The molecule has 0 saturated carbocycles. The largest absolute Gasteiger partial charge is 0.459 e. The number of ether oxygens (including phenoxy) is 1. The highest BCUT2D eigenvalue weighted by Gasteiger charge is 2.46. The molecule has 1 heterocycles. The maximum absolute atomic E-state index is 12.4. The lowest BCUT2D eigenvalue weighted by molar-refractivity contribution is -0.163. The van der Waals surface area contributed by atoms with Gasteiger partial charge in [-0.1, -0.05) is 60.7 Å². The highest BCUT2D eigenvalue weighted by Crippen LogP contribution is 2.22. The average molecular weight is 352 g/mol. The Morgan fingerprint density at radius 1 is 1.12 bits per heavy atom. The van der Waals surface area contributed by atoms with E-state index in [-0.39, 0.29) is 25.0 Å². The minimum Gasteiger partial charge on any atom is -0.459 e. The van der Waals surface area contributed by atoms with Gasteiger partial charge in [0.25, 0.3) is 0 Å². The SMILES string of the molecule is C[C@@H](NC(=O)N1C(=O)CC1C(=O)OCc1ccccc1)c1ccccc1. The molecule has 26 heavy (non-hydrogen) atoms. The molecule has 2 aromatic carbocycles. The number of carbonyl (C=O) groups is 3. The van der Waals surface area contributed by atoms with Crippen molar-refractivity contribution in [2.75, 3.05) is 0 Å². The molecule has 0 aromatic heterocycles. The summed E-state index contributed by atoms with van der Waals surface area (Å²) in [5.41, 5.74) is 1.76. The van der Waals surface area contributed by atoms with Crippen molar-refractivity contribution in [3.05, 3.63) is 71.8 Å². The topological polar surface area (TPSA) is 75.7 Å². The Bertz CT molecular complexity index is 792. The molecule has 0 aliphatic carbocycles. The number of likely N-dealkylation sites (tertiary alicyclic amines) is 1. The van der Waals surface area contributed by atoms with Gasteiger partial charge in [-0.15, -0.1) is 0 Å². The van der Waals surface area contributed by atoms with E-state index in [1.807, 2.05) is 67.6 Å². The van der Waals surface area contributed by atoms with E-state index in [9.17, 15) is 14.4 Å². The van der Waals surface area contributed by atoms with E-state index in [1.165, 1.54) is 0 Å². The van der Waals surface area contributed by atoms with Gasteiger partial charge in [0.15, 0.2) is 0 Å². The maximum Gasteiger partial charge on any atom is 0.330 e. The van der Waals surface area contributed by atoms with Crippen LogP contribution in [-0.2, 0) is 20.9 Å². The van der Waals surface area contributed by atoms with Gasteiger partial charge >= 0.3 is 12.0 Å². The van der Waals surface area contributed by atoms with Crippen molar-refractivity contribution < 1.29 is 19.1 Å². The number of urea groups is 1. The van der Waals surface area contributed by atoms with E-state index in [4.69, 9.17) is 4.74 Å². The summed E-state index contributed by atoms with van der Waals surface area (Å²) in [6.07, 6.45) is -0.0131. The number of hydrogen-bond donors (Lipinski definition) is 1. The lowest BCUT2D eigenvalue weighted by atomic mass is 10.0. The summed E-state index contributed by atoms with van der Waals surface area (Å²) in [7, 11) is 0. The van der Waals surface area contributed by atoms with Crippen LogP contribution in [0.4, 0.5) is 4.79 Å². The summed E-state index contributed by atoms with van der Waals surface area (Å²) >= 11 is 0. The van der Waals surface area contributed by atoms with Crippen LogP contribution in [-0.4, -0.2) is 28.8 Å². The standard InChI is InChI=1S/C20H20N2O4/c1-14(16-10-6-3-7-11-16)21-20(25)22-17(12-18(22)23)19(24)26-13-15-8-4-2-5-9-15/h2-11,14,17H,12-13H2,1H3,(H,21,25)/t14-,17?/m1/s1. The average Bonchev–Trinajstić information content (AvgIpc) is 2.65. The zero-order chi connectivity index (χ0) is 18.5. The van der Waals surface area contributed by atoms with Gasteiger partial charge in [0.2, 0.25) is 5.91 Å². The second-order valence-corrected chi connectivity index (χ2v) is 6.16. The Labute approximate surface area is 151 Å². The minimum atomic E-state index is -0.866. The Kier molecular flexibility index (Phi) is 5.31. The van der Waals surface area contributed by atoms with E-state index >= 15 is 0 Å². The van der Waals surface area contributed by atoms with Gasteiger partial charge in [-0.3, -0.25) is 4.79 Å². The number of β-lactam (4-membered cyclic amide) rings is 1. The number of rotatable bonds is 5. The van der Waals surface area contributed by atoms with Crippen LogP contribution in [0.25, 0.3) is 0 Å². The van der Waals surface area contributed by atoms with Gasteiger partial charge in [-0.25, -0.2) is 14.5 Å². The summed E-state index contributed by atoms with van der Waals surface area (Å²) < 4.78 is 5.24. The fourth-order valence-corrected chi connectivity index (χ4v) is 2.76.